The second-order valence-corrected chi connectivity index (χ2v) is 4.42. The molecule has 0 saturated heterocycles. The highest BCUT2D eigenvalue weighted by Gasteiger charge is 2.00. The fourth-order valence-corrected chi connectivity index (χ4v) is 2.21. The molecule has 0 aliphatic carbocycles. The van der Waals surface area contributed by atoms with E-state index < -0.39 is 0 Å². The molecule has 0 spiro atoms. The number of thiophene rings is 1. The first-order valence-electron chi connectivity index (χ1n) is 5.35. The maximum atomic E-state index is 5.33. The summed E-state index contributed by atoms with van der Waals surface area (Å²) in [6.45, 7) is 2.68. The Bertz CT molecular complexity index is 469. The van der Waals surface area contributed by atoms with Crippen molar-refractivity contribution < 1.29 is 0 Å². The summed E-state index contributed by atoms with van der Waals surface area (Å²) >= 11 is 1.71. The van der Waals surface area contributed by atoms with E-state index in [9.17, 15) is 0 Å². The van der Waals surface area contributed by atoms with E-state index in [1.54, 1.807) is 17.4 Å². The molecule has 90 valence electrons. The molecule has 0 radical (unpaired) electrons. The highest BCUT2D eigenvalue weighted by Crippen LogP contribution is 2.11. The maximum absolute atomic E-state index is 5.33. The quantitative estimate of drug-likeness (QED) is 0.556. The van der Waals surface area contributed by atoms with E-state index in [-0.39, 0.29) is 0 Å². The Labute approximate surface area is 104 Å². The van der Waals surface area contributed by atoms with Crippen LogP contribution in [0.5, 0.6) is 0 Å². The van der Waals surface area contributed by atoms with Gasteiger partial charge < -0.3 is 10.7 Å². The summed E-state index contributed by atoms with van der Waals surface area (Å²) < 4.78 is 0. The summed E-state index contributed by atoms with van der Waals surface area (Å²) in [6.07, 6.45) is 0.984. The van der Waals surface area contributed by atoms with Crippen molar-refractivity contribution >= 4 is 23.0 Å². The second-order valence-electron chi connectivity index (χ2n) is 3.64. The van der Waals surface area contributed by atoms with Gasteiger partial charge in [0, 0.05) is 12.6 Å². The molecule has 2 aromatic heterocycles. The van der Waals surface area contributed by atoms with Gasteiger partial charge in [-0.05, 0) is 35.7 Å². The summed E-state index contributed by atoms with van der Waals surface area (Å²) in [7, 11) is 0. The van der Waals surface area contributed by atoms with Crippen molar-refractivity contribution in [3.63, 3.8) is 0 Å². The van der Waals surface area contributed by atoms with Gasteiger partial charge in [-0.1, -0.05) is 0 Å². The number of aromatic nitrogens is 2. The number of hydrazine groups is 1. The van der Waals surface area contributed by atoms with Crippen molar-refractivity contribution in [1.29, 1.82) is 0 Å². The Morgan fingerprint density at radius 3 is 2.88 bits per heavy atom. The van der Waals surface area contributed by atoms with Crippen LogP contribution in [0.4, 0.5) is 11.6 Å². The number of aryl methyl sites for hydroxylation is 1. The van der Waals surface area contributed by atoms with Crippen molar-refractivity contribution in [2.24, 2.45) is 5.84 Å². The summed E-state index contributed by atoms with van der Waals surface area (Å²) in [4.78, 5) is 8.41. The zero-order chi connectivity index (χ0) is 12.1. The second kappa shape index (κ2) is 5.60. The van der Waals surface area contributed by atoms with Crippen molar-refractivity contribution in [3.05, 3.63) is 34.3 Å². The molecule has 2 aromatic rings. The van der Waals surface area contributed by atoms with Crippen LogP contribution in [0, 0.1) is 6.92 Å². The third kappa shape index (κ3) is 3.40. The van der Waals surface area contributed by atoms with E-state index >= 15 is 0 Å². The Kier molecular flexibility index (Phi) is 3.89. The molecular weight excluding hydrogens is 234 g/mol. The molecule has 2 rings (SSSR count). The fourth-order valence-electron chi connectivity index (χ4n) is 1.50. The lowest BCUT2D eigenvalue weighted by atomic mass is 10.2. The van der Waals surface area contributed by atoms with Crippen molar-refractivity contribution in [3.8, 4) is 0 Å². The van der Waals surface area contributed by atoms with Gasteiger partial charge in [0.1, 0.15) is 17.5 Å². The van der Waals surface area contributed by atoms with E-state index in [1.807, 2.05) is 6.92 Å². The first-order valence-corrected chi connectivity index (χ1v) is 6.29. The van der Waals surface area contributed by atoms with Gasteiger partial charge in [0.05, 0.1) is 0 Å². The Balaban J connectivity index is 1.92. The molecule has 0 saturated carbocycles. The van der Waals surface area contributed by atoms with Crippen LogP contribution >= 0.6 is 11.3 Å². The number of nitrogens with two attached hydrogens (primary N) is 1. The number of hydrogen-bond donors (Lipinski definition) is 3. The van der Waals surface area contributed by atoms with Crippen LogP contribution in [0.15, 0.2) is 22.9 Å². The minimum Gasteiger partial charge on any atom is -0.370 e. The number of nitrogen functional groups attached to an aromatic ring is 1. The van der Waals surface area contributed by atoms with Gasteiger partial charge in [0.25, 0.3) is 0 Å². The molecule has 0 unspecified atom stereocenters. The lowest BCUT2D eigenvalue weighted by Crippen LogP contribution is -2.12. The van der Waals surface area contributed by atoms with E-state index in [0.29, 0.717) is 11.6 Å². The third-order valence-corrected chi connectivity index (χ3v) is 3.02. The molecular formula is C11H15N5S. The lowest BCUT2D eigenvalue weighted by molar-refractivity contribution is 0.983. The topological polar surface area (TPSA) is 75.9 Å². The molecule has 6 heteroatoms. The SMILES string of the molecule is Cc1nc(NN)cc(NCCc2ccsc2)n1. The van der Waals surface area contributed by atoms with E-state index in [2.05, 4.69) is 37.5 Å². The van der Waals surface area contributed by atoms with Gasteiger partial charge in [-0.25, -0.2) is 15.8 Å². The Hall–Kier alpha value is -1.66. The van der Waals surface area contributed by atoms with Crippen LogP contribution in [0.25, 0.3) is 0 Å². The first kappa shape index (κ1) is 11.8. The minimum atomic E-state index is 0.621. The zero-order valence-electron chi connectivity index (χ0n) is 9.60. The van der Waals surface area contributed by atoms with Crippen LogP contribution in [-0.2, 0) is 6.42 Å². The number of rotatable bonds is 5. The minimum absolute atomic E-state index is 0.621. The van der Waals surface area contributed by atoms with E-state index in [4.69, 9.17) is 5.84 Å². The standard InChI is InChI=1S/C11H15N5S/c1-8-14-10(6-11(15-8)16-12)13-4-2-9-3-5-17-7-9/h3,5-7H,2,4,12H2,1H3,(H2,13,14,15,16). The number of nitrogens with zero attached hydrogens (tertiary/aromatic N) is 2. The molecule has 0 atom stereocenters. The number of hydrogen-bond acceptors (Lipinski definition) is 6. The van der Waals surface area contributed by atoms with Gasteiger partial charge >= 0.3 is 0 Å². The summed E-state index contributed by atoms with van der Waals surface area (Å²) in [5.74, 6) is 7.43. The lowest BCUT2D eigenvalue weighted by Gasteiger charge is -2.07. The molecule has 0 aromatic carbocycles. The highest BCUT2D eigenvalue weighted by atomic mass is 32.1. The summed E-state index contributed by atoms with van der Waals surface area (Å²) in [6, 6.07) is 3.92. The summed E-state index contributed by atoms with van der Waals surface area (Å²) in [5.41, 5.74) is 3.86. The third-order valence-electron chi connectivity index (χ3n) is 2.29. The molecule has 2 heterocycles. The van der Waals surface area contributed by atoms with Gasteiger partial charge in [0.15, 0.2) is 0 Å². The fraction of sp³-hybridized carbons (Fsp3) is 0.273. The number of anilines is 2. The molecule has 0 aliphatic heterocycles. The Morgan fingerprint density at radius 2 is 2.18 bits per heavy atom. The van der Waals surface area contributed by atoms with Crippen LogP contribution < -0.4 is 16.6 Å². The van der Waals surface area contributed by atoms with E-state index in [1.165, 1.54) is 5.56 Å². The van der Waals surface area contributed by atoms with Crippen molar-refractivity contribution in [1.82, 2.24) is 9.97 Å². The van der Waals surface area contributed by atoms with Crippen LogP contribution in [0.2, 0.25) is 0 Å². The average Bonchev–Trinajstić information content (AvgIpc) is 2.81. The molecule has 17 heavy (non-hydrogen) atoms. The molecule has 4 N–H and O–H groups in total. The predicted octanol–water partition coefficient (Wildman–Crippen LogP) is 1.79. The first-order chi connectivity index (χ1) is 8.28. The normalized spacial score (nSPS) is 10.2. The van der Waals surface area contributed by atoms with Gasteiger partial charge in [-0.15, -0.1) is 0 Å². The van der Waals surface area contributed by atoms with Crippen molar-refractivity contribution in [2.75, 3.05) is 17.3 Å². The smallest absolute Gasteiger partial charge is 0.145 e. The predicted molar refractivity (Wildman–Crippen MR) is 71.1 cm³/mol. The maximum Gasteiger partial charge on any atom is 0.145 e. The van der Waals surface area contributed by atoms with Gasteiger partial charge in [-0.2, -0.15) is 11.3 Å². The highest BCUT2D eigenvalue weighted by molar-refractivity contribution is 7.07. The van der Waals surface area contributed by atoms with Crippen LogP contribution in [0.3, 0.4) is 0 Å². The zero-order valence-corrected chi connectivity index (χ0v) is 10.4. The average molecular weight is 249 g/mol. The van der Waals surface area contributed by atoms with Gasteiger partial charge in [0.2, 0.25) is 0 Å². The number of nitrogens with one attached hydrogen (secondary N) is 2. The molecule has 5 nitrogen and oxygen atoms in total. The van der Waals surface area contributed by atoms with Gasteiger partial charge in [-0.3, -0.25) is 0 Å². The molecule has 0 amide bonds. The van der Waals surface area contributed by atoms with E-state index in [0.717, 1.165) is 18.8 Å². The Morgan fingerprint density at radius 1 is 1.35 bits per heavy atom. The van der Waals surface area contributed by atoms with Crippen LogP contribution in [-0.4, -0.2) is 16.5 Å². The monoisotopic (exact) mass is 249 g/mol. The molecule has 0 fully saturated rings. The van der Waals surface area contributed by atoms with Crippen molar-refractivity contribution in [2.45, 2.75) is 13.3 Å². The van der Waals surface area contributed by atoms with Crippen LogP contribution in [0.1, 0.15) is 11.4 Å². The molecule has 0 bridgehead atoms. The summed E-state index contributed by atoms with van der Waals surface area (Å²) in [5, 5.41) is 7.49. The largest absolute Gasteiger partial charge is 0.370 e. The molecule has 0 aliphatic rings.